The zero-order valence-electron chi connectivity index (χ0n) is 30.9. The van der Waals surface area contributed by atoms with Crippen LogP contribution in [0.25, 0.3) is 0 Å². The number of Topliss-reactive ketones (excluding diaryl/α,β-unsaturated/α-hetero) is 1. The Bertz CT molecular complexity index is 1460. The van der Waals surface area contributed by atoms with Crippen molar-refractivity contribution in [3.63, 3.8) is 0 Å². The van der Waals surface area contributed by atoms with Gasteiger partial charge in [-0.25, -0.2) is 0 Å². The molecule has 6 heteroatoms. The maximum Gasteiger partial charge on any atom is 0.305 e. The summed E-state index contributed by atoms with van der Waals surface area (Å²) in [7, 11) is -2.93. The molecule has 268 valence electrons. The van der Waals surface area contributed by atoms with Crippen molar-refractivity contribution in [2.24, 2.45) is 11.8 Å². The molecule has 0 heterocycles. The maximum absolute atomic E-state index is 14.3. The van der Waals surface area contributed by atoms with Crippen LogP contribution in [-0.2, 0) is 18.8 Å². The Morgan fingerprint density at radius 3 is 2.02 bits per heavy atom. The molecule has 0 spiro atoms. The number of unbranched alkanes of at least 4 members (excludes halogenated alkanes) is 4. The maximum atomic E-state index is 14.3. The lowest BCUT2D eigenvalue weighted by molar-refractivity contribution is -0.143. The topological polar surface area (TPSA) is 52.6 Å². The number of ketones is 1. The lowest BCUT2D eigenvalue weighted by Gasteiger charge is -2.46. The van der Waals surface area contributed by atoms with Gasteiger partial charge in [0.15, 0.2) is 0 Å². The highest BCUT2D eigenvalue weighted by Gasteiger charge is 2.55. The van der Waals surface area contributed by atoms with E-state index in [1.165, 1.54) is 34.5 Å². The average Bonchev–Trinajstić information content (AvgIpc) is 3.42. The zero-order chi connectivity index (χ0) is 35.8. The Labute approximate surface area is 307 Å². The van der Waals surface area contributed by atoms with Crippen molar-refractivity contribution in [3.8, 4) is 0 Å². The molecule has 1 aliphatic rings. The molecular formula is C44H58O4SSi. The second kappa shape index (κ2) is 20.0. The van der Waals surface area contributed by atoms with Crippen LogP contribution < -0.4 is 10.4 Å². The summed E-state index contributed by atoms with van der Waals surface area (Å²) in [4.78, 5) is 27.5. The first-order valence-corrected chi connectivity index (χ1v) is 21.5. The number of rotatable bonds is 19. The van der Waals surface area contributed by atoms with E-state index in [1.807, 2.05) is 24.8 Å². The molecule has 4 atom stereocenters. The Morgan fingerprint density at radius 2 is 1.44 bits per heavy atom. The lowest BCUT2D eigenvalue weighted by atomic mass is 9.87. The van der Waals surface area contributed by atoms with Crippen LogP contribution in [0.1, 0.15) is 92.4 Å². The molecule has 1 aliphatic carbocycles. The highest BCUT2D eigenvalue weighted by Crippen LogP contribution is 2.47. The van der Waals surface area contributed by atoms with Crippen molar-refractivity contribution in [1.29, 1.82) is 0 Å². The van der Waals surface area contributed by atoms with Gasteiger partial charge in [-0.1, -0.05) is 144 Å². The predicted octanol–water partition coefficient (Wildman–Crippen LogP) is 10.1. The van der Waals surface area contributed by atoms with Gasteiger partial charge in [-0.05, 0) is 66.6 Å². The number of allylic oxidation sites excluding steroid dienone is 3. The van der Waals surface area contributed by atoms with Gasteiger partial charge in [0.25, 0.3) is 8.32 Å². The van der Waals surface area contributed by atoms with Gasteiger partial charge in [-0.2, -0.15) is 0 Å². The molecule has 3 aromatic rings. The molecule has 1 saturated carbocycles. The van der Waals surface area contributed by atoms with Crippen molar-refractivity contribution in [2.75, 3.05) is 6.61 Å². The number of esters is 1. The number of carbonyl (C=O) groups is 2. The molecule has 0 amide bonds. The van der Waals surface area contributed by atoms with E-state index in [0.717, 1.165) is 25.7 Å². The van der Waals surface area contributed by atoms with E-state index >= 15 is 0 Å². The van der Waals surface area contributed by atoms with Crippen molar-refractivity contribution in [1.82, 2.24) is 0 Å². The number of hydrogen-bond acceptors (Lipinski definition) is 5. The summed E-state index contributed by atoms with van der Waals surface area (Å²) in [6, 6.07) is 32.0. The van der Waals surface area contributed by atoms with E-state index in [1.54, 1.807) is 0 Å². The minimum absolute atomic E-state index is 0.00755. The quantitative estimate of drug-likeness (QED) is 0.0408. The highest BCUT2D eigenvalue weighted by molar-refractivity contribution is 8.00. The second-order valence-electron chi connectivity index (χ2n) is 14.4. The van der Waals surface area contributed by atoms with Crippen molar-refractivity contribution >= 4 is 42.2 Å². The fourth-order valence-corrected chi connectivity index (χ4v) is 13.4. The van der Waals surface area contributed by atoms with Crippen molar-refractivity contribution in [2.45, 2.75) is 114 Å². The van der Waals surface area contributed by atoms with Crippen molar-refractivity contribution in [3.05, 3.63) is 115 Å². The van der Waals surface area contributed by atoms with Gasteiger partial charge in [-0.15, -0.1) is 11.8 Å². The van der Waals surface area contributed by atoms with Crippen molar-refractivity contribution < 1.29 is 18.8 Å². The van der Waals surface area contributed by atoms with Crippen LogP contribution in [0.3, 0.4) is 0 Å². The third-order valence-electron chi connectivity index (χ3n) is 9.76. The fourth-order valence-electron chi connectivity index (χ4n) is 7.33. The van der Waals surface area contributed by atoms with Crippen LogP contribution in [0.2, 0.25) is 5.04 Å². The summed E-state index contributed by atoms with van der Waals surface area (Å²) >= 11 is 1.82. The van der Waals surface area contributed by atoms with Gasteiger partial charge in [0.1, 0.15) is 5.78 Å². The summed E-state index contributed by atoms with van der Waals surface area (Å²) in [5.74, 6) is -0.0328. The standard InChI is InChI=1S/C44H58O4SSi/c1-6-8-9-10-11-22-31-38-39(45)34-40(48-50(44(3,4)5,36-27-18-13-19-28-36)37-29-20-14-21-30-37)43(38)41(49-35-25-16-12-17-26-35)32-23-15-24-33-42(46)47-7-2/h11-14,16-23,25-30,32,38,40-41,43H,6-10,15,24,31,33-34H2,1-5H3/b22-11-,32-23-/t38-,40-,41+,43-/m0/s1. The summed E-state index contributed by atoms with van der Waals surface area (Å²) in [5.41, 5.74) is 0. The lowest BCUT2D eigenvalue weighted by Crippen LogP contribution is -2.68. The number of thioether (sulfide) groups is 1. The average molecular weight is 711 g/mol. The third-order valence-corrected chi connectivity index (χ3v) is 16.1. The molecule has 0 radical (unpaired) electrons. The number of benzene rings is 3. The smallest absolute Gasteiger partial charge is 0.305 e. The minimum atomic E-state index is -2.93. The van der Waals surface area contributed by atoms with Gasteiger partial charge >= 0.3 is 5.97 Å². The summed E-state index contributed by atoms with van der Waals surface area (Å²) in [6.45, 7) is 11.4. The number of hydrogen-bond donors (Lipinski definition) is 0. The molecule has 1 fully saturated rings. The summed E-state index contributed by atoms with van der Waals surface area (Å²) < 4.78 is 13.0. The van der Waals surface area contributed by atoms with E-state index in [0.29, 0.717) is 25.2 Å². The predicted molar refractivity (Wildman–Crippen MR) is 213 cm³/mol. The van der Waals surface area contributed by atoms with Gasteiger partial charge < -0.3 is 9.16 Å². The largest absolute Gasteiger partial charge is 0.466 e. The first-order valence-electron chi connectivity index (χ1n) is 18.7. The van der Waals surface area contributed by atoms with Crippen LogP contribution >= 0.6 is 11.8 Å². The molecule has 0 bridgehead atoms. The Kier molecular flexibility index (Phi) is 15.8. The Morgan fingerprint density at radius 1 is 0.840 bits per heavy atom. The minimum Gasteiger partial charge on any atom is -0.466 e. The van der Waals surface area contributed by atoms with E-state index in [9.17, 15) is 9.59 Å². The Hall–Kier alpha value is -3.19. The molecule has 0 aromatic heterocycles. The van der Waals surface area contributed by atoms with Crippen LogP contribution in [0, 0.1) is 11.8 Å². The molecule has 0 saturated heterocycles. The zero-order valence-corrected chi connectivity index (χ0v) is 32.7. The molecule has 4 nitrogen and oxygen atoms in total. The molecule has 0 unspecified atom stereocenters. The normalized spacial score (nSPS) is 19.0. The van der Waals surface area contributed by atoms with E-state index in [2.05, 4.69) is 137 Å². The number of carbonyl (C=O) groups excluding carboxylic acids is 2. The summed E-state index contributed by atoms with van der Waals surface area (Å²) in [5, 5.41) is 2.26. The highest BCUT2D eigenvalue weighted by atomic mass is 32.2. The van der Waals surface area contributed by atoms with Gasteiger partial charge in [0, 0.05) is 34.8 Å². The molecule has 0 N–H and O–H groups in total. The van der Waals surface area contributed by atoms with Crippen LogP contribution in [-0.4, -0.2) is 38.0 Å². The van der Waals surface area contributed by atoms with Crippen LogP contribution in [0.4, 0.5) is 0 Å². The van der Waals surface area contributed by atoms with Gasteiger partial charge in [0.2, 0.25) is 0 Å². The third kappa shape index (κ3) is 10.7. The monoisotopic (exact) mass is 710 g/mol. The second-order valence-corrected chi connectivity index (χ2v) is 19.9. The molecule has 4 rings (SSSR count). The summed E-state index contributed by atoms with van der Waals surface area (Å²) in [6.07, 6.45) is 16.5. The van der Waals surface area contributed by atoms with E-state index in [-0.39, 0.29) is 34.2 Å². The SMILES string of the molecule is CCCCC/C=C\C[C@H]1C(=O)C[C@H](O[Si](c2ccccc2)(c2ccccc2)C(C)(C)C)[C@H]1[C@@H](/C=C\CCCC(=O)OCC)Sc1ccccc1. The molecule has 50 heavy (non-hydrogen) atoms. The molecule has 3 aromatic carbocycles. The molecular weight excluding hydrogens is 653 g/mol. The van der Waals surface area contributed by atoms with Crippen LogP contribution in [0.15, 0.2) is 120 Å². The first-order chi connectivity index (χ1) is 24.2. The molecule has 0 aliphatic heterocycles. The van der Waals surface area contributed by atoms with E-state index in [4.69, 9.17) is 9.16 Å². The number of ether oxygens (including phenoxy) is 1. The van der Waals surface area contributed by atoms with Gasteiger partial charge in [0.05, 0.1) is 12.7 Å². The fraction of sp³-hybridized carbons (Fsp3) is 0.455. The van der Waals surface area contributed by atoms with Gasteiger partial charge in [-0.3, -0.25) is 9.59 Å². The van der Waals surface area contributed by atoms with Crippen LogP contribution in [0.5, 0.6) is 0 Å². The Balaban J connectivity index is 1.78. The van der Waals surface area contributed by atoms with E-state index < -0.39 is 8.32 Å². The first kappa shape index (κ1) is 39.6.